The quantitative estimate of drug-likeness (QED) is 0.802. The van der Waals surface area contributed by atoms with Crippen molar-refractivity contribution in [3.8, 4) is 0 Å². The van der Waals surface area contributed by atoms with Gasteiger partial charge in [0.25, 0.3) is 0 Å². The van der Waals surface area contributed by atoms with Crippen LogP contribution in [0.4, 0.5) is 0 Å². The van der Waals surface area contributed by atoms with Crippen molar-refractivity contribution < 1.29 is 0 Å². The van der Waals surface area contributed by atoms with Crippen molar-refractivity contribution in [1.29, 1.82) is 0 Å². The Bertz CT molecular complexity index is 257. The summed E-state index contributed by atoms with van der Waals surface area (Å²) in [6.45, 7) is 5.57. The maximum absolute atomic E-state index is 3.67. The lowest BCUT2D eigenvalue weighted by molar-refractivity contribution is 0.328. The maximum Gasteiger partial charge on any atom is 0.0414 e. The zero-order valence-electron chi connectivity index (χ0n) is 10.2. The van der Waals surface area contributed by atoms with Crippen molar-refractivity contribution in [2.45, 2.75) is 32.4 Å². The minimum Gasteiger partial charge on any atom is -0.308 e. The first-order valence-electron chi connectivity index (χ1n) is 5.57. The molecule has 3 heteroatoms. The van der Waals surface area contributed by atoms with Crippen molar-refractivity contribution in [2.24, 2.45) is 0 Å². The van der Waals surface area contributed by atoms with E-state index in [1.54, 1.807) is 0 Å². The van der Waals surface area contributed by atoms with Crippen molar-refractivity contribution in [3.05, 3.63) is 22.4 Å². The van der Waals surface area contributed by atoms with E-state index in [9.17, 15) is 0 Å². The highest BCUT2D eigenvalue weighted by molar-refractivity contribution is 7.10. The fourth-order valence-corrected chi connectivity index (χ4v) is 2.70. The molecular weight excluding hydrogens is 204 g/mol. The number of thiophene rings is 1. The van der Waals surface area contributed by atoms with Crippen LogP contribution >= 0.6 is 11.3 Å². The highest BCUT2D eigenvalue weighted by Crippen LogP contribution is 2.22. The number of hydrogen-bond donors (Lipinski definition) is 1. The molecule has 2 nitrogen and oxygen atoms in total. The average Bonchev–Trinajstić information content (AvgIpc) is 2.65. The van der Waals surface area contributed by atoms with Gasteiger partial charge in [-0.25, -0.2) is 0 Å². The summed E-state index contributed by atoms with van der Waals surface area (Å²) >= 11 is 1.84. The first kappa shape index (κ1) is 12.7. The molecule has 2 atom stereocenters. The van der Waals surface area contributed by atoms with Crippen LogP contribution in [0.25, 0.3) is 0 Å². The zero-order valence-corrected chi connectivity index (χ0v) is 11.0. The Morgan fingerprint density at radius 1 is 1.47 bits per heavy atom. The van der Waals surface area contributed by atoms with E-state index in [-0.39, 0.29) is 0 Å². The van der Waals surface area contributed by atoms with Gasteiger partial charge < -0.3 is 10.2 Å². The molecule has 2 unspecified atom stereocenters. The molecule has 1 rings (SSSR count). The van der Waals surface area contributed by atoms with E-state index in [0.29, 0.717) is 12.1 Å². The normalized spacial score (nSPS) is 15.5. The molecule has 0 saturated carbocycles. The molecular formula is C12H22N2S. The number of likely N-dealkylation sites (N-methyl/N-ethyl adjacent to an activating group) is 1. The molecule has 0 fully saturated rings. The van der Waals surface area contributed by atoms with Crippen LogP contribution in [-0.2, 0) is 0 Å². The van der Waals surface area contributed by atoms with Gasteiger partial charge in [0.1, 0.15) is 0 Å². The van der Waals surface area contributed by atoms with Crippen molar-refractivity contribution in [2.75, 3.05) is 20.6 Å². The van der Waals surface area contributed by atoms with E-state index in [0.717, 1.165) is 13.0 Å². The molecule has 1 aromatic heterocycles. The largest absolute Gasteiger partial charge is 0.308 e. The van der Waals surface area contributed by atoms with Crippen molar-refractivity contribution >= 4 is 11.3 Å². The smallest absolute Gasteiger partial charge is 0.0414 e. The Morgan fingerprint density at radius 2 is 2.20 bits per heavy atom. The van der Waals surface area contributed by atoms with Gasteiger partial charge in [-0.3, -0.25) is 0 Å². The lowest BCUT2D eigenvalue weighted by atomic mass is 10.1. The maximum atomic E-state index is 3.67. The summed E-state index contributed by atoms with van der Waals surface area (Å²) < 4.78 is 0. The first-order chi connectivity index (χ1) is 7.13. The van der Waals surface area contributed by atoms with Gasteiger partial charge in [-0.05, 0) is 38.9 Å². The molecule has 0 spiro atoms. The molecule has 15 heavy (non-hydrogen) atoms. The number of nitrogens with one attached hydrogen (secondary N) is 1. The molecule has 1 heterocycles. The van der Waals surface area contributed by atoms with Crippen LogP contribution in [-0.4, -0.2) is 31.6 Å². The van der Waals surface area contributed by atoms with Crippen molar-refractivity contribution in [1.82, 2.24) is 10.2 Å². The number of rotatable bonds is 6. The Labute approximate surface area is 97.3 Å². The van der Waals surface area contributed by atoms with E-state index in [4.69, 9.17) is 0 Å². The molecule has 0 amide bonds. The minimum absolute atomic E-state index is 0.514. The zero-order chi connectivity index (χ0) is 11.3. The van der Waals surface area contributed by atoms with E-state index in [2.05, 4.69) is 55.7 Å². The highest BCUT2D eigenvalue weighted by atomic mass is 32.1. The molecule has 0 bridgehead atoms. The van der Waals surface area contributed by atoms with Crippen molar-refractivity contribution in [3.63, 3.8) is 0 Å². The van der Waals surface area contributed by atoms with Gasteiger partial charge in [-0.1, -0.05) is 13.0 Å². The van der Waals surface area contributed by atoms with Gasteiger partial charge >= 0.3 is 0 Å². The topological polar surface area (TPSA) is 15.3 Å². The Morgan fingerprint density at radius 3 is 2.67 bits per heavy atom. The molecule has 0 radical (unpaired) electrons. The third kappa shape index (κ3) is 4.33. The predicted molar refractivity (Wildman–Crippen MR) is 68.5 cm³/mol. The van der Waals surface area contributed by atoms with Crippen LogP contribution in [0.1, 0.15) is 31.2 Å². The molecule has 0 aliphatic rings. The van der Waals surface area contributed by atoms with Gasteiger partial charge in [0.15, 0.2) is 0 Å². The van der Waals surface area contributed by atoms with Gasteiger partial charge in [0.2, 0.25) is 0 Å². The summed E-state index contributed by atoms with van der Waals surface area (Å²) in [5.41, 5.74) is 0. The third-order valence-corrected chi connectivity index (χ3v) is 3.41. The van der Waals surface area contributed by atoms with Crippen LogP contribution in [0.2, 0.25) is 0 Å². The molecule has 0 aromatic carbocycles. The lowest BCUT2D eigenvalue weighted by Gasteiger charge is -2.23. The van der Waals surface area contributed by atoms with Crippen LogP contribution in [0.3, 0.4) is 0 Å². The fraction of sp³-hybridized carbons (Fsp3) is 0.667. The van der Waals surface area contributed by atoms with Gasteiger partial charge in [-0.2, -0.15) is 0 Å². The monoisotopic (exact) mass is 226 g/mol. The second-order valence-electron chi connectivity index (χ2n) is 4.31. The molecule has 1 aromatic rings. The molecule has 0 aliphatic heterocycles. The average molecular weight is 226 g/mol. The second kappa shape index (κ2) is 6.26. The van der Waals surface area contributed by atoms with Gasteiger partial charge in [-0.15, -0.1) is 11.3 Å². The van der Waals surface area contributed by atoms with E-state index < -0.39 is 0 Å². The highest BCUT2D eigenvalue weighted by Gasteiger charge is 2.13. The van der Waals surface area contributed by atoms with Gasteiger partial charge in [0.05, 0.1) is 0 Å². The van der Waals surface area contributed by atoms with Crippen LogP contribution in [0.15, 0.2) is 17.5 Å². The third-order valence-electron chi connectivity index (χ3n) is 2.42. The molecule has 0 saturated heterocycles. The standard InChI is InChI=1S/C12H22N2S/c1-5-11(12-7-6-8-15-12)13-10(2)9-14(3)4/h6-8,10-11,13H,5,9H2,1-4H3. The Kier molecular flexibility index (Phi) is 5.29. The Balaban J connectivity index is 2.47. The Hall–Kier alpha value is -0.380. The summed E-state index contributed by atoms with van der Waals surface area (Å²) in [6, 6.07) is 5.39. The predicted octanol–water partition coefficient (Wildman–Crippen LogP) is 2.74. The number of nitrogens with zero attached hydrogens (tertiary/aromatic N) is 1. The fourth-order valence-electron chi connectivity index (χ4n) is 1.83. The molecule has 86 valence electrons. The SMILES string of the molecule is CCC(NC(C)CN(C)C)c1cccs1. The summed E-state index contributed by atoms with van der Waals surface area (Å²) in [7, 11) is 4.23. The van der Waals surface area contributed by atoms with E-state index in [1.165, 1.54) is 4.88 Å². The summed E-state index contributed by atoms with van der Waals surface area (Å²) in [4.78, 5) is 3.67. The summed E-state index contributed by atoms with van der Waals surface area (Å²) in [6.07, 6.45) is 1.15. The summed E-state index contributed by atoms with van der Waals surface area (Å²) in [5, 5.41) is 5.82. The van der Waals surface area contributed by atoms with Gasteiger partial charge in [0, 0.05) is 23.5 Å². The second-order valence-corrected chi connectivity index (χ2v) is 5.29. The van der Waals surface area contributed by atoms with Crippen LogP contribution in [0, 0.1) is 0 Å². The van der Waals surface area contributed by atoms with Crippen LogP contribution < -0.4 is 5.32 Å². The van der Waals surface area contributed by atoms with E-state index in [1.807, 2.05) is 11.3 Å². The first-order valence-corrected chi connectivity index (χ1v) is 6.45. The van der Waals surface area contributed by atoms with E-state index >= 15 is 0 Å². The lowest BCUT2D eigenvalue weighted by Crippen LogP contribution is -2.37. The number of hydrogen-bond acceptors (Lipinski definition) is 3. The molecule has 1 N–H and O–H groups in total. The minimum atomic E-state index is 0.514. The summed E-state index contributed by atoms with van der Waals surface area (Å²) in [5.74, 6) is 0. The van der Waals surface area contributed by atoms with Crippen LogP contribution in [0.5, 0.6) is 0 Å². The molecule has 0 aliphatic carbocycles.